The van der Waals surface area contributed by atoms with E-state index in [-0.39, 0.29) is 5.56 Å². The average molecular weight is 281 g/mol. The molecule has 0 radical (unpaired) electrons. The van der Waals surface area contributed by atoms with Crippen LogP contribution in [0.25, 0.3) is 10.8 Å². The molecule has 0 saturated heterocycles. The average Bonchev–Trinajstić information content (AvgIpc) is 2.38. The third-order valence-corrected chi connectivity index (χ3v) is 3.08. The van der Waals surface area contributed by atoms with Gasteiger partial charge in [-0.15, -0.1) is 0 Å². The summed E-state index contributed by atoms with van der Waals surface area (Å²) >= 11 is 6.89. The molecule has 0 aromatic heterocycles. The SMILES string of the molecule is CSOC(=O)C(=O)c1ccc2cccc(Cl)c2c1. The van der Waals surface area contributed by atoms with E-state index in [0.717, 1.165) is 22.8 Å². The van der Waals surface area contributed by atoms with Gasteiger partial charge in [-0.25, -0.2) is 4.79 Å². The fourth-order valence-corrected chi connectivity index (χ4v) is 2.07. The molecule has 0 bridgehead atoms. The van der Waals surface area contributed by atoms with Crippen LogP contribution in [0.1, 0.15) is 10.4 Å². The molecular weight excluding hydrogens is 272 g/mol. The lowest BCUT2D eigenvalue weighted by Gasteiger charge is -2.03. The molecule has 0 saturated carbocycles. The zero-order valence-electron chi connectivity index (χ0n) is 9.48. The fourth-order valence-electron chi connectivity index (χ4n) is 1.61. The fraction of sp³-hybridized carbons (Fsp3) is 0.0769. The van der Waals surface area contributed by atoms with Gasteiger partial charge in [0.1, 0.15) is 0 Å². The lowest BCUT2D eigenvalue weighted by molar-refractivity contribution is -0.128. The van der Waals surface area contributed by atoms with Crippen LogP contribution in [0.15, 0.2) is 36.4 Å². The molecule has 92 valence electrons. The molecular formula is C13H9ClO3S. The van der Waals surface area contributed by atoms with Crippen LogP contribution in [0, 0.1) is 0 Å². The van der Waals surface area contributed by atoms with E-state index in [9.17, 15) is 9.59 Å². The Hall–Kier alpha value is -1.52. The van der Waals surface area contributed by atoms with E-state index in [0.29, 0.717) is 5.02 Å². The van der Waals surface area contributed by atoms with E-state index in [1.54, 1.807) is 30.5 Å². The van der Waals surface area contributed by atoms with E-state index in [1.807, 2.05) is 12.1 Å². The summed E-state index contributed by atoms with van der Waals surface area (Å²) in [6.45, 7) is 0. The highest BCUT2D eigenvalue weighted by molar-refractivity contribution is 7.94. The Morgan fingerprint density at radius 2 is 2.00 bits per heavy atom. The number of carbonyl (C=O) groups excluding carboxylic acids is 2. The Balaban J connectivity index is 2.44. The maximum Gasteiger partial charge on any atom is 0.391 e. The molecule has 2 rings (SSSR count). The van der Waals surface area contributed by atoms with E-state index in [2.05, 4.69) is 4.18 Å². The van der Waals surface area contributed by atoms with Crippen molar-refractivity contribution in [2.75, 3.05) is 6.26 Å². The molecule has 2 aromatic rings. The van der Waals surface area contributed by atoms with Crippen molar-refractivity contribution in [1.29, 1.82) is 0 Å². The quantitative estimate of drug-likeness (QED) is 0.490. The van der Waals surface area contributed by atoms with Crippen LogP contribution in [0.5, 0.6) is 0 Å². The second-order valence-electron chi connectivity index (χ2n) is 3.54. The molecule has 0 aliphatic carbocycles. The summed E-state index contributed by atoms with van der Waals surface area (Å²) < 4.78 is 4.60. The van der Waals surface area contributed by atoms with Crippen LogP contribution in [-0.4, -0.2) is 18.0 Å². The Morgan fingerprint density at radius 3 is 2.72 bits per heavy atom. The zero-order valence-corrected chi connectivity index (χ0v) is 11.0. The van der Waals surface area contributed by atoms with Gasteiger partial charge in [-0.3, -0.25) is 4.79 Å². The minimum atomic E-state index is -0.881. The molecule has 2 aromatic carbocycles. The van der Waals surface area contributed by atoms with Gasteiger partial charge >= 0.3 is 5.97 Å². The molecule has 5 heteroatoms. The highest BCUT2D eigenvalue weighted by Gasteiger charge is 2.18. The molecule has 0 heterocycles. The number of benzene rings is 2. The molecule has 0 fully saturated rings. The third kappa shape index (κ3) is 2.49. The van der Waals surface area contributed by atoms with E-state index in [1.165, 1.54) is 0 Å². The van der Waals surface area contributed by atoms with E-state index in [4.69, 9.17) is 11.6 Å². The number of halogens is 1. The number of carbonyl (C=O) groups is 2. The summed E-state index contributed by atoms with van der Waals surface area (Å²) in [5, 5.41) is 2.19. The number of hydrogen-bond acceptors (Lipinski definition) is 4. The number of ketones is 1. The standard InChI is InChI=1S/C13H9ClO3S/c1-18-17-13(16)12(15)9-6-5-8-3-2-4-11(14)10(8)7-9/h2-7H,1H3. The van der Waals surface area contributed by atoms with Crippen molar-refractivity contribution < 1.29 is 13.8 Å². The number of rotatable bonds is 3. The summed E-state index contributed by atoms with van der Waals surface area (Å²) in [7, 11) is 0. The van der Waals surface area contributed by atoms with Crippen molar-refractivity contribution in [2.24, 2.45) is 0 Å². The molecule has 0 amide bonds. The molecule has 0 N–H and O–H groups in total. The van der Waals surface area contributed by atoms with Crippen molar-refractivity contribution >= 4 is 46.2 Å². The Morgan fingerprint density at radius 1 is 1.22 bits per heavy atom. The Bertz CT molecular complexity index is 625. The van der Waals surface area contributed by atoms with Crippen LogP contribution in [0.3, 0.4) is 0 Å². The van der Waals surface area contributed by atoms with Crippen molar-refractivity contribution in [2.45, 2.75) is 0 Å². The van der Waals surface area contributed by atoms with Crippen molar-refractivity contribution in [1.82, 2.24) is 0 Å². The molecule has 18 heavy (non-hydrogen) atoms. The highest BCUT2D eigenvalue weighted by atomic mass is 35.5. The Kier molecular flexibility index (Phi) is 3.89. The van der Waals surface area contributed by atoms with Gasteiger partial charge in [-0.1, -0.05) is 35.9 Å². The largest absolute Gasteiger partial charge is 0.391 e. The van der Waals surface area contributed by atoms with Gasteiger partial charge in [0.15, 0.2) is 0 Å². The van der Waals surface area contributed by atoms with Crippen LogP contribution in [0.4, 0.5) is 0 Å². The molecule has 0 aliphatic rings. The summed E-state index contributed by atoms with van der Waals surface area (Å²) in [6.07, 6.45) is 1.57. The first kappa shape index (κ1) is 12.9. The lowest BCUT2D eigenvalue weighted by Crippen LogP contribution is -2.14. The maximum absolute atomic E-state index is 11.8. The summed E-state index contributed by atoms with van der Waals surface area (Å²) in [4.78, 5) is 23.1. The monoisotopic (exact) mass is 280 g/mol. The number of fused-ring (bicyclic) bond motifs is 1. The molecule has 0 unspecified atom stereocenters. The summed E-state index contributed by atoms with van der Waals surface area (Å²) in [5.74, 6) is -1.56. The second-order valence-corrected chi connectivity index (χ2v) is 4.45. The number of hydrogen-bond donors (Lipinski definition) is 0. The second kappa shape index (κ2) is 5.42. The van der Waals surface area contributed by atoms with Gasteiger partial charge in [-0.2, -0.15) is 0 Å². The highest BCUT2D eigenvalue weighted by Crippen LogP contribution is 2.24. The Labute approximate surface area is 113 Å². The third-order valence-electron chi connectivity index (χ3n) is 2.44. The lowest BCUT2D eigenvalue weighted by atomic mass is 10.0. The first-order valence-corrected chi connectivity index (χ1v) is 6.64. The zero-order chi connectivity index (χ0) is 13.1. The smallest absolute Gasteiger partial charge is 0.386 e. The summed E-state index contributed by atoms with van der Waals surface area (Å²) in [5.41, 5.74) is 0.273. The topological polar surface area (TPSA) is 43.4 Å². The van der Waals surface area contributed by atoms with Crippen LogP contribution in [-0.2, 0) is 8.98 Å². The first-order valence-electron chi connectivity index (χ1n) is 5.11. The molecule has 0 spiro atoms. The van der Waals surface area contributed by atoms with Gasteiger partial charge in [0.2, 0.25) is 0 Å². The van der Waals surface area contributed by atoms with Crippen LogP contribution in [0.2, 0.25) is 5.02 Å². The minimum absolute atomic E-state index is 0.273. The summed E-state index contributed by atoms with van der Waals surface area (Å²) in [6, 6.07) is 10.4. The van der Waals surface area contributed by atoms with Gasteiger partial charge < -0.3 is 4.18 Å². The molecule has 3 nitrogen and oxygen atoms in total. The van der Waals surface area contributed by atoms with E-state index >= 15 is 0 Å². The minimum Gasteiger partial charge on any atom is -0.386 e. The van der Waals surface area contributed by atoms with Gasteiger partial charge in [-0.05, 0) is 17.5 Å². The van der Waals surface area contributed by atoms with Crippen LogP contribution >= 0.6 is 23.6 Å². The van der Waals surface area contributed by atoms with Gasteiger partial charge in [0.05, 0.1) is 12.0 Å². The molecule has 0 atom stereocenters. The maximum atomic E-state index is 11.8. The number of Topliss-reactive ketones (excluding diaryl/α,β-unsaturated/α-hetero) is 1. The van der Waals surface area contributed by atoms with E-state index < -0.39 is 11.8 Å². The predicted octanol–water partition coefficient (Wildman–Crippen LogP) is 3.50. The molecule has 0 aliphatic heterocycles. The van der Waals surface area contributed by atoms with Crippen molar-refractivity contribution in [3.05, 3.63) is 47.0 Å². The predicted molar refractivity (Wildman–Crippen MR) is 72.9 cm³/mol. The normalized spacial score (nSPS) is 10.3. The van der Waals surface area contributed by atoms with Crippen molar-refractivity contribution in [3.8, 4) is 0 Å². The van der Waals surface area contributed by atoms with Crippen LogP contribution < -0.4 is 0 Å². The van der Waals surface area contributed by atoms with Gasteiger partial charge in [0.25, 0.3) is 5.78 Å². The van der Waals surface area contributed by atoms with Crippen molar-refractivity contribution in [3.63, 3.8) is 0 Å². The van der Waals surface area contributed by atoms with Gasteiger partial charge in [0, 0.05) is 22.2 Å². The first-order chi connectivity index (χ1) is 8.63.